The van der Waals surface area contributed by atoms with Crippen molar-refractivity contribution in [2.75, 3.05) is 0 Å². The van der Waals surface area contributed by atoms with E-state index >= 15 is 0 Å². The smallest absolute Gasteiger partial charge is 0.0661 e. The Hall–Kier alpha value is -0.550. The van der Waals surface area contributed by atoms with Gasteiger partial charge in [-0.1, -0.05) is 13.8 Å². The zero-order chi connectivity index (χ0) is 17.2. The van der Waals surface area contributed by atoms with Gasteiger partial charge in [-0.25, -0.2) is 0 Å². The van der Waals surface area contributed by atoms with Crippen molar-refractivity contribution < 1.29 is 4.74 Å². The van der Waals surface area contributed by atoms with Crippen LogP contribution in [0.4, 0.5) is 0 Å². The van der Waals surface area contributed by atoms with Crippen LogP contribution in [-0.2, 0) is 4.74 Å². The number of ether oxygens (including phenoxy) is 1. The third-order valence-electron chi connectivity index (χ3n) is 9.63. The monoisotopic (exact) mass is 341 g/mol. The van der Waals surface area contributed by atoms with E-state index in [4.69, 9.17) is 4.74 Å². The Balaban J connectivity index is 1.39. The van der Waals surface area contributed by atoms with Gasteiger partial charge in [0, 0.05) is 0 Å². The van der Waals surface area contributed by atoms with Gasteiger partial charge in [0.2, 0.25) is 0 Å². The van der Waals surface area contributed by atoms with Crippen molar-refractivity contribution in [3.05, 3.63) is 0 Å². The van der Waals surface area contributed by atoms with E-state index in [1.54, 1.807) is 0 Å². The number of rotatable bonds is 2. The van der Waals surface area contributed by atoms with Gasteiger partial charge in [0.1, 0.15) is 0 Å². The molecule has 5 fully saturated rings. The van der Waals surface area contributed by atoms with E-state index in [0.717, 1.165) is 30.1 Å². The Labute approximate surface area is 153 Å². The largest absolute Gasteiger partial charge is 0.375 e. The van der Waals surface area contributed by atoms with Gasteiger partial charge in [0.25, 0.3) is 0 Å². The molecule has 0 radical (unpaired) electrons. The van der Waals surface area contributed by atoms with Crippen LogP contribution in [0.25, 0.3) is 0 Å². The van der Waals surface area contributed by atoms with Crippen molar-refractivity contribution in [1.82, 2.24) is 0 Å². The summed E-state index contributed by atoms with van der Waals surface area (Å²) in [6, 6.07) is 2.68. The molecular weight excluding hydrogens is 306 g/mol. The Morgan fingerprint density at radius 2 is 1.52 bits per heavy atom. The summed E-state index contributed by atoms with van der Waals surface area (Å²) in [6.07, 6.45) is 15.8. The summed E-state index contributed by atoms with van der Waals surface area (Å²) in [5.74, 6) is 3.86. The molecule has 5 rings (SSSR count). The highest BCUT2D eigenvalue weighted by molar-refractivity contribution is 5.12. The predicted molar refractivity (Wildman–Crippen MR) is 98.7 cm³/mol. The maximum atomic E-state index is 9.66. The van der Waals surface area contributed by atoms with Gasteiger partial charge < -0.3 is 4.74 Å². The first-order chi connectivity index (χ1) is 12.0. The highest BCUT2D eigenvalue weighted by Crippen LogP contribution is 2.67. The second kappa shape index (κ2) is 5.72. The number of hydrogen-bond donors (Lipinski definition) is 0. The summed E-state index contributed by atoms with van der Waals surface area (Å²) in [5, 5.41) is 9.66. The van der Waals surface area contributed by atoms with Gasteiger partial charge >= 0.3 is 0 Å². The van der Waals surface area contributed by atoms with Crippen LogP contribution in [0.1, 0.15) is 84.5 Å². The molecule has 5 saturated carbocycles. The quantitative estimate of drug-likeness (QED) is 0.644. The van der Waals surface area contributed by atoms with Gasteiger partial charge in [-0.2, -0.15) is 5.26 Å². The molecule has 25 heavy (non-hydrogen) atoms. The fourth-order valence-corrected chi connectivity index (χ4v) is 8.11. The number of nitriles is 1. The normalized spacial score (nSPS) is 54.9. The molecule has 0 heterocycles. The summed E-state index contributed by atoms with van der Waals surface area (Å²) < 4.78 is 6.39. The topological polar surface area (TPSA) is 33.0 Å². The van der Waals surface area contributed by atoms with E-state index in [-0.39, 0.29) is 0 Å². The second-order valence-corrected chi connectivity index (χ2v) is 10.7. The Bertz CT molecular complexity index is 577. The molecule has 0 bridgehead atoms. The van der Waals surface area contributed by atoms with Gasteiger partial charge in [-0.3, -0.25) is 0 Å². The minimum atomic E-state index is 0.317. The first-order valence-electron chi connectivity index (χ1n) is 11.1. The summed E-state index contributed by atoms with van der Waals surface area (Å²) >= 11 is 0. The van der Waals surface area contributed by atoms with Gasteiger partial charge in [0.15, 0.2) is 0 Å². The maximum absolute atomic E-state index is 9.66. The zero-order valence-electron chi connectivity index (χ0n) is 16.2. The number of hydrogen-bond acceptors (Lipinski definition) is 2. The van der Waals surface area contributed by atoms with Crippen molar-refractivity contribution >= 4 is 0 Å². The highest BCUT2D eigenvalue weighted by Gasteiger charge is 2.60. The van der Waals surface area contributed by atoms with Crippen LogP contribution in [0.5, 0.6) is 0 Å². The molecule has 0 aromatic heterocycles. The van der Waals surface area contributed by atoms with Gasteiger partial charge in [-0.15, -0.1) is 0 Å². The molecule has 2 heteroatoms. The molecule has 0 aromatic carbocycles. The molecule has 0 aliphatic heterocycles. The predicted octanol–water partition coefficient (Wildman–Crippen LogP) is 5.72. The minimum Gasteiger partial charge on any atom is -0.375 e. The molecule has 8 atom stereocenters. The summed E-state index contributed by atoms with van der Waals surface area (Å²) in [5.41, 5.74) is 0.824. The average Bonchev–Trinajstić information content (AvgIpc) is 3.33. The molecular formula is C23H35NO. The molecule has 0 N–H and O–H groups in total. The Morgan fingerprint density at radius 3 is 2.28 bits per heavy atom. The fraction of sp³-hybridized carbons (Fsp3) is 0.957. The molecule has 0 saturated heterocycles. The lowest BCUT2D eigenvalue weighted by atomic mass is 9.44. The molecule has 0 amide bonds. The highest BCUT2D eigenvalue weighted by atomic mass is 16.5. The molecule has 0 spiro atoms. The van der Waals surface area contributed by atoms with Crippen LogP contribution in [-0.4, -0.2) is 12.2 Å². The summed E-state index contributed by atoms with van der Waals surface area (Å²) in [4.78, 5) is 0. The van der Waals surface area contributed by atoms with Crippen LogP contribution in [0, 0.1) is 51.8 Å². The standard InChI is InChI=1S/C23H35NO/c1-22-12-11-21-19(20(22)10-5-16(22)14-24)9-4-15-3-6-18(13-23(15,21)2)25-17-7-8-17/h15-21H,3-13H2,1-2H3. The SMILES string of the molecule is CC12CCC3C(CCC4CCC(OC5CC5)CC43C)C1CCC2C#N. The van der Waals surface area contributed by atoms with Crippen molar-refractivity contribution in [2.24, 2.45) is 40.4 Å². The van der Waals surface area contributed by atoms with E-state index in [0.29, 0.717) is 29.0 Å². The fourth-order valence-electron chi connectivity index (χ4n) is 8.11. The molecule has 5 aliphatic carbocycles. The lowest BCUT2D eigenvalue weighted by molar-refractivity contribution is -0.139. The van der Waals surface area contributed by atoms with Crippen molar-refractivity contribution in [3.63, 3.8) is 0 Å². The minimum absolute atomic E-state index is 0.317. The van der Waals surface area contributed by atoms with E-state index in [1.165, 1.54) is 64.2 Å². The van der Waals surface area contributed by atoms with Gasteiger partial charge in [0.05, 0.1) is 24.2 Å². The zero-order valence-corrected chi connectivity index (χ0v) is 16.2. The van der Waals surface area contributed by atoms with Crippen molar-refractivity contribution in [1.29, 1.82) is 5.26 Å². The summed E-state index contributed by atoms with van der Waals surface area (Å²) in [6.45, 7) is 5.10. The first-order valence-corrected chi connectivity index (χ1v) is 11.1. The van der Waals surface area contributed by atoms with Gasteiger partial charge in [-0.05, 0) is 105 Å². The Morgan fingerprint density at radius 1 is 0.800 bits per heavy atom. The first kappa shape index (κ1) is 16.6. The maximum Gasteiger partial charge on any atom is 0.0661 e. The lowest BCUT2D eigenvalue weighted by Crippen LogP contribution is -2.54. The van der Waals surface area contributed by atoms with Crippen LogP contribution in [0.3, 0.4) is 0 Å². The van der Waals surface area contributed by atoms with Crippen LogP contribution in [0.2, 0.25) is 0 Å². The Kier molecular flexibility index (Phi) is 3.80. The average molecular weight is 342 g/mol. The van der Waals surface area contributed by atoms with Crippen molar-refractivity contribution in [3.8, 4) is 6.07 Å². The number of fused-ring (bicyclic) bond motifs is 5. The van der Waals surface area contributed by atoms with Crippen LogP contribution >= 0.6 is 0 Å². The third kappa shape index (κ3) is 2.44. The van der Waals surface area contributed by atoms with Crippen molar-refractivity contribution in [2.45, 2.75) is 96.7 Å². The molecule has 8 unspecified atom stereocenters. The van der Waals surface area contributed by atoms with E-state index in [1.807, 2.05) is 0 Å². The van der Waals surface area contributed by atoms with E-state index < -0.39 is 0 Å². The van der Waals surface area contributed by atoms with E-state index in [2.05, 4.69) is 19.9 Å². The molecule has 2 nitrogen and oxygen atoms in total. The molecule has 0 aromatic rings. The number of nitrogens with zero attached hydrogens (tertiary/aromatic N) is 1. The summed E-state index contributed by atoms with van der Waals surface area (Å²) in [7, 11) is 0. The molecule has 138 valence electrons. The molecule has 5 aliphatic rings. The third-order valence-corrected chi connectivity index (χ3v) is 9.63. The van der Waals surface area contributed by atoms with Crippen LogP contribution in [0.15, 0.2) is 0 Å². The second-order valence-electron chi connectivity index (χ2n) is 10.7. The lowest BCUT2D eigenvalue weighted by Gasteiger charge is -2.61. The van der Waals surface area contributed by atoms with E-state index in [9.17, 15) is 5.26 Å². The van der Waals surface area contributed by atoms with Crippen LogP contribution < -0.4 is 0 Å².